The van der Waals surface area contributed by atoms with Crippen LogP contribution in [0.4, 0.5) is 0 Å². The maximum absolute atomic E-state index is 12.5. The highest BCUT2D eigenvalue weighted by Gasteiger charge is 2.27. The van der Waals surface area contributed by atoms with E-state index >= 15 is 0 Å². The first-order valence-corrected chi connectivity index (χ1v) is 8.51. The van der Waals surface area contributed by atoms with Crippen molar-refractivity contribution in [3.8, 4) is 5.88 Å². The number of pyridine rings is 1. The van der Waals surface area contributed by atoms with E-state index in [-0.39, 0.29) is 24.0 Å². The second-order valence-corrected chi connectivity index (χ2v) is 6.07. The van der Waals surface area contributed by atoms with Gasteiger partial charge in [-0.1, -0.05) is 18.6 Å². The van der Waals surface area contributed by atoms with E-state index in [4.69, 9.17) is 9.47 Å². The number of fused-ring (bicyclic) bond motifs is 1. The number of benzene rings is 1. The Morgan fingerprint density at radius 3 is 2.64 bits per heavy atom. The molecule has 0 saturated heterocycles. The number of ether oxygens (including phenoxy) is 2. The third-order valence-corrected chi connectivity index (χ3v) is 4.67. The van der Waals surface area contributed by atoms with E-state index < -0.39 is 5.97 Å². The fourth-order valence-electron chi connectivity index (χ4n) is 3.17. The Hall–Kier alpha value is -2.63. The van der Waals surface area contributed by atoms with Gasteiger partial charge in [-0.3, -0.25) is 4.79 Å². The van der Waals surface area contributed by atoms with E-state index in [9.17, 15) is 9.59 Å². The van der Waals surface area contributed by atoms with Crippen molar-refractivity contribution in [1.82, 2.24) is 10.3 Å². The van der Waals surface area contributed by atoms with Gasteiger partial charge in [-0.25, -0.2) is 9.78 Å². The van der Waals surface area contributed by atoms with Crippen molar-refractivity contribution in [2.75, 3.05) is 20.8 Å². The number of esters is 1. The molecule has 0 radical (unpaired) electrons. The molecule has 1 fully saturated rings. The lowest BCUT2D eigenvalue weighted by molar-refractivity contribution is 0.0522. The number of rotatable bonds is 5. The Bertz CT molecular complexity index is 828. The van der Waals surface area contributed by atoms with E-state index in [1.807, 2.05) is 12.1 Å². The van der Waals surface area contributed by atoms with Crippen LogP contribution in [0.15, 0.2) is 18.2 Å². The Balaban J connectivity index is 2.22. The van der Waals surface area contributed by atoms with Crippen molar-refractivity contribution in [3.05, 3.63) is 34.9 Å². The van der Waals surface area contributed by atoms with Crippen molar-refractivity contribution in [3.63, 3.8) is 0 Å². The van der Waals surface area contributed by atoms with Crippen LogP contribution in [-0.2, 0) is 4.74 Å². The molecule has 3 rings (SSSR count). The van der Waals surface area contributed by atoms with E-state index in [1.54, 1.807) is 20.0 Å². The summed E-state index contributed by atoms with van der Waals surface area (Å²) in [5.74, 6) is -0.111. The molecular weight excluding hydrogens is 320 g/mol. The van der Waals surface area contributed by atoms with E-state index in [0.717, 1.165) is 18.4 Å². The third kappa shape index (κ3) is 3.04. The molecule has 1 saturated carbocycles. The van der Waals surface area contributed by atoms with Crippen LogP contribution in [0.2, 0.25) is 0 Å². The van der Waals surface area contributed by atoms with Crippen LogP contribution < -0.4 is 10.1 Å². The van der Waals surface area contributed by atoms with Gasteiger partial charge in [0.05, 0.1) is 24.8 Å². The molecule has 6 heteroatoms. The van der Waals surface area contributed by atoms with Crippen LogP contribution in [0.3, 0.4) is 0 Å². The van der Waals surface area contributed by atoms with E-state index in [2.05, 4.69) is 10.3 Å². The summed E-state index contributed by atoms with van der Waals surface area (Å²) in [5, 5.41) is 3.41. The number of carbonyl (C=O) groups excluding carboxylic acids is 2. The molecule has 1 aromatic heterocycles. The molecule has 0 aliphatic heterocycles. The molecule has 1 aliphatic carbocycles. The molecule has 1 aliphatic rings. The molecule has 2 aromatic rings. The molecule has 1 aromatic carbocycles. The molecule has 6 nitrogen and oxygen atoms in total. The summed E-state index contributed by atoms with van der Waals surface area (Å²) in [4.78, 5) is 29.2. The van der Waals surface area contributed by atoms with E-state index in [0.29, 0.717) is 22.4 Å². The average molecular weight is 342 g/mol. The van der Waals surface area contributed by atoms with Crippen LogP contribution in [0.5, 0.6) is 5.88 Å². The van der Waals surface area contributed by atoms with Gasteiger partial charge in [0.2, 0.25) is 5.88 Å². The van der Waals surface area contributed by atoms with Gasteiger partial charge in [0.1, 0.15) is 5.56 Å². The SMILES string of the molecule is CCOC(=O)c1cc2ccc(C3CCC3)c(C(=O)NC)c2nc1OC. The molecule has 25 heavy (non-hydrogen) atoms. The predicted molar refractivity (Wildman–Crippen MR) is 94.2 cm³/mol. The Morgan fingerprint density at radius 2 is 2.08 bits per heavy atom. The molecule has 1 amide bonds. The summed E-state index contributed by atoms with van der Waals surface area (Å²) in [5.41, 5.74) is 2.39. The van der Waals surface area contributed by atoms with Gasteiger partial charge in [0.25, 0.3) is 5.91 Å². The van der Waals surface area contributed by atoms with Crippen molar-refractivity contribution in [1.29, 1.82) is 0 Å². The van der Waals surface area contributed by atoms with Gasteiger partial charge >= 0.3 is 5.97 Å². The maximum Gasteiger partial charge on any atom is 0.343 e. The normalized spacial score (nSPS) is 14.0. The third-order valence-electron chi connectivity index (χ3n) is 4.67. The van der Waals surface area contributed by atoms with Gasteiger partial charge in [0, 0.05) is 12.4 Å². The minimum absolute atomic E-state index is 0.168. The lowest BCUT2D eigenvalue weighted by Crippen LogP contribution is -2.23. The topological polar surface area (TPSA) is 77.5 Å². The molecule has 1 heterocycles. The highest BCUT2D eigenvalue weighted by Crippen LogP contribution is 2.40. The summed E-state index contributed by atoms with van der Waals surface area (Å²) in [7, 11) is 3.06. The smallest absolute Gasteiger partial charge is 0.343 e. The number of hydrogen-bond acceptors (Lipinski definition) is 5. The number of nitrogens with zero attached hydrogens (tertiary/aromatic N) is 1. The summed E-state index contributed by atoms with van der Waals surface area (Å²) in [6.07, 6.45) is 3.33. The molecule has 0 unspecified atom stereocenters. The lowest BCUT2D eigenvalue weighted by Gasteiger charge is -2.28. The first-order chi connectivity index (χ1) is 12.1. The summed E-state index contributed by atoms with van der Waals surface area (Å²) in [6, 6.07) is 5.56. The lowest BCUT2D eigenvalue weighted by atomic mass is 9.77. The standard InChI is InChI=1S/C19H22N2O4/c1-4-25-19(23)14-10-12-8-9-13(11-6-5-7-11)15(17(22)20-2)16(12)21-18(14)24-3/h8-11H,4-7H2,1-3H3,(H,20,22). The first kappa shape index (κ1) is 17.2. The Kier molecular flexibility index (Phi) is 4.88. The zero-order valence-corrected chi connectivity index (χ0v) is 14.7. The molecule has 132 valence electrons. The second-order valence-electron chi connectivity index (χ2n) is 6.07. The van der Waals surface area contributed by atoms with E-state index in [1.165, 1.54) is 13.5 Å². The van der Waals surface area contributed by atoms with Gasteiger partial charge in [-0.15, -0.1) is 0 Å². The van der Waals surface area contributed by atoms with Crippen LogP contribution in [0.1, 0.15) is 58.4 Å². The fourth-order valence-corrected chi connectivity index (χ4v) is 3.17. The van der Waals surface area contributed by atoms with Gasteiger partial charge in [-0.05, 0) is 37.3 Å². The molecule has 0 atom stereocenters. The quantitative estimate of drug-likeness (QED) is 0.845. The highest BCUT2D eigenvalue weighted by molar-refractivity contribution is 6.08. The predicted octanol–water partition coefficient (Wildman–Crippen LogP) is 3.05. The number of amides is 1. The fraction of sp³-hybridized carbons (Fsp3) is 0.421. The summed E-state index contributed by atoms with van der Waals surface area (Å²) >= 11 is 0. The van der Waals surface area contributed by atoms with Crippen LogP contribution in [-0.4, -0.2) is 37.6 Å². The molecule has 0 bridgehead atoms. The largest absolute Gasteiger partial charge is 0.480 e. The van der Waals surface area contributed by atoms with Crippen LogP contribution in [0, 0.1) is 0 Å². The Labute approximate surface area is 146 Å². The maximum atomic E-state index is 12.5. The molecule has 0 spiro atoms. The van der Waals surface area contributed by atoms with Crippen molar-refractivity contribution in [2.24, 2.45) is 0 Å². The zero-order chi connectivity index (χ0) is 18.0. The molecular formula is C19H22N2O4. The molecule has 1 N–H and O–H groups in total. The first-order valence-electron chi connectivity index (χ1n) is 8.51. The van der Waals surface area contributed by atoms with Crippen LogP contribution in [0.25, 0.3) is 10.9 Å². The number of methoxy groups -OCH3 is 1. The Morgan fingerprint density at radius 1 is 1.32 bits per heavy atom. The number of hydrogen-bond donors (Lipinski definition) is 1. The monoisotopic (exact) mass is 342 g/mol. The minimum Gasteiger partial charge on any atom is -0.480 e. The zero-order valence-electron chi connectivity index (χ0n) is 14.7. The van der Waals surface area contributed by atoms with Crippen molar-refractivity contribution < 1.29 is 19.1 Å². The van der Waals surface area contributed by atoms with Gasteiger partial charge in [-0.2, -0.15) is 0 Å². The van der Waals surface area contributed by atoms with Crippen LogP contribution >= 0.6 is 0 Å². The average Bonchev–Trinajstić information content (AvgIpc) is 2.58. The number of carbonyl (C=O) groups is 2. The van der Waals surface area contributed by atoms with Gasteiger partial charge in [0.15, 0.2) is 0 Å². The van der Waals surface area contributed by atoms with Crippen molar-refractivity contribution >= 4 is 22.8 Å². The highest BCUT2D eigenvalue weighted by atomic mass is 16.5. The summed E-state index contributed by atoms with van der Waals surface area (Å²) < 4.78 is 10.4. The second kappa shape index (κ2) is 7.09. The number of nitrogens with one attached hydrogen (secondary N) is 1. The number of aromatic nitrogens is 1. The van der Waals surface area contributed by atoms with Crippen molar-refractivity contribution in [2.45, 2.75) is 32.1 Å². The minimum atomic E-state index is -0.488. The van der Waals surface area contributed by atoms with Gasteiger partial charge < -0.3 is 14.8 Å². The summed E-state index contributed by atoms with van der Waals surface area (Å²) in [6.45, 7) is 2.01.